The predicted octanol–water partition coefficient (Wildman–Crippen LogP) is 3.16. The van der Waals surface area contributed by atoms with Crippen LogP contribution in [0.2, 0.25) is 0 Å². The molecule has 0 saturated heterocycles. The quantitative estimate of drug-likeness (QED) is 0.482. The Balaban J connectivity index is 4.26. The minimum Gasteiger partial charge on any atom is -0.300 e. The van der Waals surface area contributed by atoms with Gasteiger partial charge in [0.2, 0.25) is 0 Å². The molecule has 0 atom stereocenters. The highest BCUT2D eigenvalue weighted by molar-refractivity contribution is 8.53. The highest BCUT2D eigenvalue weighted by Gasteiger charge is 2.27. The third-order valence-corrected chi connectivity index (χ3v) is 5.52. The van der Waals surface area contributed by atoms with Crippen molar-refractivity contribution in [3.63, 3.8) is 0 Å². The van der Waals surface area contributed by atoms with Crippen molar-refractivity contribution in [1.82, 2.24) is 4.31 Å². The van der Waals surface area contributed by atoms with Crippen LogP contribution in [-0.4, -0.2) is 30.6 Å². The van der Waals surface area contributed by atoms with E-state index >= 15 is 0 Å². The van der Waals surface area contributed by atoms with E-state index in [0.29, 0.717) is 13.2 Å². The summed E-state index contributed by atoms with van der Waals surface area (Å²) >= 11 is 1.19. The molecule has 0 aliphatic carbocycles. The molecular formula is C8H20NO3PS. The van der Waals surface area contributed by atoms with Crippen molar-refractivity contribution in [2.45, 2.75) is 27.7 Å². The lowest BCUT2D eigenvalue weighted by Crippen LogP contribution is -2.14. The Hall–Kier alpha value is 0.460. The second kappa shape index (κ2) is 7.71. The normalized spacial score (nSPS) is 12.4. The molecule has 0 bridgehead atoms. The molecule has 0 aliphatic heterocycles. The third-order valence-electron chi connectivity index (χ3n) is 1.50. The highest BCUT2D eigenvalue weighted by atomic mass is 32.7. The van der Waals surface area contributed by atoms with Gasteiger partial charge in [-0.25, -0.2) is 8.87 Å². The van der Waals surface area contributed by atoms with Crippen LogP contribution in [0.3, 0.4) is 0 Å². The molecule has 0 aromatic heterocycles. The van der Waals surface area contributed by atoms with Gasteiger partial charge >= 0.3 is 6.80 Å². The minimum absolute atomic E-state index is 0.408. The van der Waals surface area contributed by atoms with Gasteiger partial charge in [-0.3, -0.25) is 0 Å². The lowest BCUT2D eigenvalue weighted by molar-refractivity contribution is 0.235. The molecule has 0 aromatic carbocycles. The van der Waals surface area contributed by atoms with Gasteiger partial charge in [0, 0.05) is 24.7 Å². The van der Waals surface area contributed by atoms with Gasteiger partial charge in [-0.15, -0.1) is 0 Å². The Labute approximate surface area is 90.8 Å². The molecule has 0 aliphatic rings. The van der Waals surface area contributed by atoms with Gasteiger partial charge in [0.15, 0.2) is 0 Å². The first-order chi connectivity index (χ1) is 6.61. The van der Waals surface area contributed by atoms with E-state index < -0.39 is 6.80 Å². The second-order valence-corrected chi connectivity index (χ2v) is 6.40. The van der Waals surface area contributed by atoms with Gasteiger partial charge < -0.3 is 9.05 Å². The Kier molecular flexibility index (Phi) is 7.97. The summed E-state index contributed by atoms with van der Waals surface area (Å²) in [6.07, 6.45) is 0. The molecule has 86 valence electrons. The van der Waals surface area contributed by atoms with Crippen molar-refractivity contribution < 1.29 is 13.6 Å². The van der Waals surface area contributed by atoms with E-state index in [-0.39, 0.29) is 0 Å². The maximum absolute atomic E-state index is 12.0. The van der Waals surface area contributed by atoms with Crippen molar-refractivity contribution >= 4 is 18.4 Å². The standard InChI is InChI=1S/C8H20NO3PS/c1-5-9(6-2)14-13(10,11-7-3)12-8-4/h5-8H2,1-4H3. The minimum atomic E-state index is -2.97. The zero-order valence-electron chi connectivity index (χ0n) is 9.36. The summed E-state index contributed by atoms with van der Waals surface area (Å²) in [5.41, 5.74) is 0. The number of hydrogen-bond acceptors (Lipinski definition) is 5. The molecular weight excluding hydrogens is 221 g/mol. The lowest BCUT2D eigenvalue weighted by Gasteiger charge is -2.22. The molecule has 0 radical (unpaired) electrons. The average Bonchev–Trinajstić information content (AvgIpc) is 2.15. The van der Waals surface area contributed by atoms with E-state index in [0.717, 1.165) is 13.1 Å². The summed E-state index contributed by atoms with van der Waals surface area (Å²) in [6.45, 7) is 7.15. The van der Waals surface area contributed by atoms with Gasteiger partial charge in [-0.05, 0) is 13.8 Å². The van der Waals surface area contributed by atoms with E-state index in [1.54, 1.807) is 0 Å². The predicted molar refractivity (Wildman–Crippen MR) is 61.4 cm³/mol. The van der Waals surface area contributed by atoms with Gasteiger partial charge in [0.25, 0.3) is 0 Å². The van der Waals surface area contributed by atoms with Crippen LogP contribution < -0.4 is 0 Å². The van der Waals surface area contributed by atoms with Crippen molar-refractivity contribution in [1.29, 1.82) is 0 Å². The fourth-order valence-corrected chi connectivity index (χ4v) is 4.65. The Bertz CT molecular complexity index is 177. The monoisotopic (exact) mass is 241 g/mol. The van der Waals surface area contributed by atoms with Crippen LogP contribution in [0.5, 0.6) is 0 Å². The van der Waals surface area contributed by atoms with Crippen LogP contribution in [0.1, 0.15) is 27.7 Å². The fraction of sp³-hybridized carbons (Fsp3) is 1.00. The molecule has 0 spiro atoms. The first-order valence-electron chi connectivity index (χ1n) is 4.95. The zero-order valence-corrected chi connectivity index (χ0v) is 11.1. The molecule has 0 aromatic rings. The summed E-state index contributed by atoms with van der Waals surface area (Å²) in [7, 11) is 0. The Morgan fingerprint density at radius 1 is 1.07 bits per heavy atom. The summed E-state index contributed by atoms with van der Waals surface area (Å²) in [6, 6.07) is 0. The van der Waals surface area contributed by atoms with Gasteiger partial charge in [-0.1, -0.05) is 13.8 Å². The summed E-state index contributed by atoms with van der Waals surface area (Å²) in [5.74, 6) is 0. The second-order valence-electron chi connectivity index (χ2n) is 2.48. The number of rotatable bonds is 8. The smallest absolute Gasteiger partial charge is 0.300 e. The molecule has 0 saturated carbocycles. The van der Waals surface area contributed by atoms with Crippen LogP contribution in [0.25, 0.3) is 0 Å². The van der Waals surface area contributed by atoms with Gasteiger partial charge in [0.05, 0.1) is 13.2 Å². The van der Waals surface area contributed by atoms with Crippen molar-refractivity contribution in [2.24, 2.45) is 0 Å². The Morgan fingerprint density at radius 2 is 1.50 bits per heavy atom. The number of nitrogens with zero attached hydrogens (tertiary/aromatic N) is 1. The topological polar surface area (TPSA) is 38.8 Å². The average molecular weight is 241 g/mol. The van der Waals surface area contributed by atoms with Gasteiger partial charge in [0.1, 0.15) is 0 Å². The lowest BCUT2D eigenvalue weighted by atomic mass is 10.7. The molecule has 0 N–H and O–H groups in total. The molecule has 0 heterocycles. The van der Waals surface area contributed by atoms with Crippen LogP contribution in [-0.2, 0) is 13.6 Å². The molecule has 0 amide bonds. The van der Waals surface area contributed by atoms with E-state index in [9.17, 15) is 4.57 Å². The van der Waals surface area contributed by atoms with Crippen LogP contribution >= 0.6 is 18.4 Å². The van der Waals surface area contributed by atoms with Crippen LogP contribution in [0.4, 0.5) is 0 Å². The van der Waals surface area contributed by atoms with Crippen molar-refractivity contribution in [3.8, 4) is 0 Å². The Morgan fingerprint density at radius 3 is 1.79 bits per heavy atom. The molecule has 0 rings (SSSR count). The van der Waals surface area contributed by atoms with Crippen molar-refractivity contribution in [3.05, 3.63) is 0 Å². The summed E-state index contributed by atoms with van der Waals surface area (Å²) in [5, 5.41) is 0. The SMILES string of the molecule is CCOP(=O)(OCC)SN(CC)CC. The first kappa shape index (κ1) is 14.5. The van der Waals surface area contributed by atoms with Gasteiger partial charge in [-0.2, -0.15) is 0 Å². The number of hydrogen-bond donors (Lipinski definition) is 0. The summed E-state index contributed by atoms with van der Waals surface area (Å²) < 4.78 is 24.3. The highest BCUT2D eigenvalue weighted by Crippen LogP contribution is 2.61. The van der Waals surface area contributed by atoms with E-state index in [2.05, 4.69) is 0 Å². The van der Waals surface area contributed by atoms with Crippen molar-refractivity contribution in [2.75, 3.05) is 26.3 Å². The molecule has 0 fully saturated rings. The molecule has 6 heteroatoms. The van der Waals surface area contributed by atoms with E-state index in [4.69, 9.17) is 9.05 Å². The molecule has 0 unspecified atom stereocenters. The maximum atomic E-state index is 12.0. The molecule has 14 heavy (non-hydrogen) atoms. The fourth-order valence-electron chi connectivity index (χ4n) is 0.881. The summed E-state index contributed by atoms with van der Waals surface area (Å²) in [4.78, 5) is 0. The van der Waals surface area contributed by atoms with Crippen LogP contribution in [0, 0.1) is 0 Å². The van der Waals surface area contributed by atoms with Crippen LogP contribution in [0.15, 0.2) is 0 Å². The van der Waals surface area contributed by atoms with E-state index in [1.165, 1.54) is 11.6 Å². The largest absolute Gasteiger partial charge is 0.404 e. The third kappa shape index (κ3) is 5.37. The van der Waals surface area contributed by atoms with E-state index in [1.807, 2.05) is 32.0 Å². The maximum Gasteiger partial charge on any atom is 0.404 e. The first-order valence-corrected chi connectivity index (χ1v) is 7.87. The molecule has 4 nitrogen and oxygen atoms in total. The zero-order chi connectivity index (χ0) is 11.0.